The number of primary amides is 1. The van der Waals surface area contributed by atoms with E-state index in [1.807, 2.05) is 0 Å². The predicted octanol–water partition coefficient (Wildman–Crippen LogP) is -0.337. The van der Waals surface area contributed by atoms with Gasteiger partial charge in [-0.15, -0.1) is 0 Å². The van der Waals surface area contributed by atoms with E-state index in [4.69, 9.17) is 9.92 Å². The van der Waals surface area contributed by atoms with Crippen molar-refractivity contribution in [3.63, 3.8) is 0 Å². The van der Waals surface area contributed by atoms with E-state index in [2.05, 4.69) is 0 Å². The maximum atomic E-state index is 13.9. The van der Waals surface area contributed by atoms with Crippen molar-refractivity contribution < 1.29 is 42.3 Å². The Morgan fingerprint density at radius 3 is 2.30 bits per heavy atom. The molecule has 0 saturated heterocycles. The summed E-state index contributed by atoms with van der Waals surface area (Å²) in [5.74, 6) is -7.06. The number of ketones is 2. The summed E-state index contributed by atoms with van der Waals surface area (Å²) in [5.41, 5.74) is 2.58. The fraction of sp³-hybridized carbons (Fsp3) is 0.458. The maximum Gasteiger partial charge on any atom is 0.306 e. The lowest BCUT2D eigenvalue weighted by atomic mass is 9.57. The van der Waals surface area contributed by atoms with Crippen molar-refractivity contribution in [1.82, 2.24) is 4.90 Å². The van der Waals surface area contributed by atoms with Gasteiger partial charge in [0, 0.05) is 31.3 Å². The van der Waals surface area contributed by atoms with Gasteiger partial charge in [0.15, 0.2) is 17.1 Å². The summed E-state index contributed by atoms with van der Waals surface area (Å²) in [7, 11) is 2.56. The Kier molecular flexibility index (Phi) is 6.17. The van der Waals surface area contributed by atoms with Gasteiger partial charge in [0.2, 0.25) is 5.78 Å². The monoisotopic (exact) mass is 535 g/mol. The second kappa shape index (κ2) is 8.57. The van der Waals surface area contributed by atoms with Crippen LogP contribution in [0.5, 0.6) is 5.75 Å². The van der Waals surface area contributed by atoms with Crippen LogP contribution in [0.3, 0.4) is 0 Å². The van der Waals surface area contributed by atoms with Crippen molar-refractivity contribution in [2.45, 2.75) is 24.5 Å². The largest absolute Gasteiger partial charge is 0.508 e. The van der Waals surface area contributed by atoms with E-state index in [1.54, 1.807) is 25.1 Å². The summed E-state index contributed by atoms with van der Waals surface area (Å²) < 4.78 is 28.9. The zero-order chi connectivity index (χ0) is 27.8. The molecule has 37 heavy (non-hydrogen) atoms. The van der Waals surface area contributed by atoms with Crippen LogP contribution in [0.2, 0.25) is 0 Å². The first kappa shape index (κ1) is 26.6. The summed E-state index contributed by atoms with van der Waals surface area (Å²) in [5, 5.41) is 33.9. The molecule has 4 rings (SSSR count). The second-order valence-corrected chi connectivity index (χ2v) is 11.7. The number of likely N-dealkylation sites (N-methyl/N-ethyl adjacent to an activating group) is 1. The number of nitrogens with two attached hydrogens (primary N) is 1. The highest BCUT2D eigenvalue weighted by atomic mass is 32.2. The van der Waals surface area contributed by atoms with Crippen LogP contribution in [0.15, 0.2) is 29.0 Å². The maximum absolute atomic E-state index is 13.9. The lowest BCUT2D eigenvalue weighted by molar-refractivity contribution is -0.153. The molecule has 200 valence electrons. The van der Waals surface area contributed by atoms with E-state index < -0.39 is 68.2 Å². The summed E-state index contributed by atoms with van der Waals surface area (Å²) >= 11 is 0. The molecule has 1 aromatic carbocycles. The van der Waals surface area contributed by atoms with Gasteiger partial charge in [-0.3, -0.25) is 19.3 Å². The van der Waals surface area contributed by atoms with Crippen molar-refractivity contribution in [1.29, 1.82) is 0 Å². The van der Waals surface area contributed by atoms with Gasteiger partial charge >= 0.3 is 10.1 Å². The Labute approximate surface area is 213 Å². The van der Waals surface area contributed by atoms with Crippen molar-refractivity contribution in [2.24, 2.45) is 17.6 Å². The van der Waals surface area contributed by atoms with Gasteiger partial charge in [-0.05, 0) is 50.6 Å². The number of Topliss-reactive ketones (excluding diaryl/α,β-unsaturated/α-hetero) is 2. The molecular formula is C24H29N3O9S. The third-order valence-corrected chi connectivity index (χ3v) is 7.77. The van der Waals surface area contributed by atoms with Crippen LogP contribution in [-0.4, -0.2) is 92.2 Å². The SMILES string of the molecule is CN(C)c1ccc(OS(C)(=O)=O)c2c1C[C@H]1C[C@H]3[C@H](N(C)C)C(=O)C(C(N)=O)=C(O)[C@@]3(O)C(=O)C1=C2O. The molecular weight excluding hydrogens is 506 g/mol. The molecule has 13 heteroatoms. The zero-order valence-electron chi connectivity index (χ0n) is 21.0. The first-order valence-electron chi connectivity index (χ1n) is 11.4. The van der Waals surface area contributed by atoms with E-state index in [9.17, 15) is 38.1 Å². The van der Waals surface area contributed by atoms with Gasteiger partial charge in [-0.25, -0.2) is 0 Å². The van der Waals surface area contributed by atoms with Crippen molar-refractivity contribution in [3.05, 3.63) is 40.2 Å². The first-order valence-corrected chi connectivity index (χ1v) is 13.2. The molecule has 3 aliphatic carbocycles. The van der Waals surface area contributed by atoms with Crippen LogP contribution in [-0.2, 0) is 30.9 Å². The highest BCUT2D eigenvalue weighted by Gasteiger charge is 2.64. The number of carbonyl (C=O) groups is 3. The standard InChI is InChI=1S/C24H29N3O9S/c1-26(2)13-6-7-14(36-37(5,34)35)16-11(13)8-10-9-12-18(27(3)4)20(29)17(23(25)32)22(31)24(12,33)21(30)15(10)19(16)28/h6-7,10,12,18,28,31,33H,8-9H2,1-5H3,(H2,25,32)/t10-,12-,18-,24-/m0/s1. The topological polar surface area (TPSA) is 188 Å². The summed E-state index contributed by atoms with van der Waals surface area (Å²) in [6.07, 6.45) is 0.960. The lowest BCUT2D eigenvalue weighted by Crippen LogP contribution is -2.65. The molecule has 0 aliphatic heterocycles. The number of amides is 1. The number of fused-ring (bicyclic) bond motifs is 3. The number of rotatable bonds is 5. The van der Waals surface area contributed by atoms with Crippen LogP contribution in [0, 0.1) is 11.8 Å². The minimum absolute atomic E-state index is 0.0181. The van der Waals surface area contributed by atoms with Crippen LogP contribution in [0.4, 0.5) is 5.69 Å². The number of nitrogens with zero attached hydrogens (tertiary/aromatic N) is 2. The van der Waals surface area contributed by atoms with Crippen LogP contribution >= 0.6 is 0 Å². The lowest BCUT2D eigenvalue weighted by Gasteiger charge is -2.50. The molecule has 1 amide bonds. The Bertz CT molecular complexity index is 1410. The molecule has 0 heterocycles. The molecule has 12 nitrogen and oxygen atoms in total. The van der Waals surface area contributed by atoms with Crippen molar-refractivity contribution in [3.8, 4) is 5.75 Å². The Balaban J connectivity index is 2.01. The molecule has 3 aliphatic rings. The molecule has 0 spiro atoms. The van der Waals surface area contributed by atoms with Crippen LogP contribution < -0.4 is 14.8 Å². The van der Waals surface area contributed by atoms with Crippen LogP contribution in [0.25, 0.3) is 5.76 Å². The number of aliphatic hydroxyl groups is 3. The number of carbonyl (C=O) groups excluding carboxylic acids is 3. The van der Waals surface area contributed by atoms with E-state index in [0.29, 0.717) is 11.3 Å². The summed E-state index contributed by atoms with van der Waals surface area (Å²) in [6, 6.07) is 1.81. The minimum atomic E-state index is -4.01. The fourth-order valence-corrected chi connectivity index (χ4v) is 6.33. The Morgan fingerprint density at radius 2 is 1.78 bits per heavy atom. The van der Waals surface area contributed by atoms with Gasteiger partial charge in [-0.2, -0.15) is 8.42 Å². The zero-order valence-corrected chi connectivity index (χ0v) is 21.8. The predicted molar refractivity (Wildman–Crippen MR) is 132 cm³/mol. The van der Waals surface area contributed by atoms with Gasteiger partial charge in [0.25, 0.3) is 5.91 Å². The Morgan fingerprint density at radius 1 is 1.16 bits per heavy atom. The van der Waals surface area contributed by atoms with Gasteiger partial charge in [0.05, 0.1) is 17.9 Å². The smallest absolute Gasteiger partial charge is 0.306 e. The highest BCUT2D eigenvalue weighted by molar-refractivity contribution is 7.86. The highest BCUT2D eigenvalue weighted by Crippen LogP contribution is 2.53. The molecule has 1 fully saturated rings. The number of aliphatic hydroxyl groups excluding tert-OH is 2. The normalized spacial score (nSPS) is 27.6. The van der Waals surface area contributed by atoms with E-state index in [0.717, 1.165) is 6.26 Å². The molecule has 5 N–H and O–H groups in total. The number of hydrogen-bond donors (Lipinski definition) is 4. The molecule has 0 radical (unpaired) electrons. The third-order valence-electron chi connectivity index (χ3n) is 7.29. The van der Waals surface area contributed by atoms with Gasteiger partial charge < -0.3 is 30.1 Å². The summed E-state index contributed by atoms with van der Waals surface area (Å²) in [6.45, 7) is 0. The van der Waals surface area contributed by atoms with Gasteiger partial charge in [0.1, 0.15) is 17.1 Å². The number of anilines is 1. The Hall–Kier alpha value is -3.42. The number of benzene rings is 1. The van der Waals surface area contributed by atoms with Crippen molar-refractivity contribution in [2.75, 3.05) is 39.3 Å². The molecule has 1 saturated carbocycles. The molecule has 4 atom stereocenters. The van der Waals surface area contributed by atoms with Crippen molar-refractivity contribution >= 4 is 39.0 Å². The average molecular weight is 536 g/mol. The minimum Gasteiger partial charge on any atom is -0.508 e. The quantitative estimate of drug-likeness (QED) is 0.285. The average Bonchev–Trinajstić information content (AvgIpc) is 2.74. The summed E-state index contributed by atoms with van der Waals surface area (Å²) in [4.78, 5) is 42.3. The van der Waals surface area contributed by atoms with E-state index in [1.165, 1.54) is 25.1 Å². The molecule has 0 bridgehead atoms. The fourth-order valence-electron chi connectivity index (χ4n) is 5.87. The number of hydrogen-bond acceptors (Lipinski definition) is 11. The molecule has 0 aromatic heterocycles. The molecule has 0 unspecified atom stereocenters. The van der Waals surface area contributed by atoms with Gasteiger partial charge in [-0.1, -0.05) is 0 Å². The third kappa shape index (κ3) is 3.88. The van der Waals surface area contributed by atoms with E-state index >= 15 is 0 Å². The molecule has 1 aromatic rings. The first-order chi connectivity index (χ1) is 17.0. The van der Waals surface area contributed by atoms with E-state index in [-0.39, 0.29) is 29.7 Å². The van der Waals surface area contributed by atoms with Crippen LogP contribution in [0.1, 0.15) is 17.5 Å². The second-order valence-electron chi connectivity index (χ2n) is 10.1.